The molecule has 0 unspecified atom stereocenters. The normalized spacial score (nSPS) is 16.8. The summed E-state index contributed by atoms with van der Waals surface area (Å²) in [5.41, 5.74) is 1.54. The topological polar surface area (TPSA) is 64.6 Å². The third-order valence-corrected chi connectivity index (χ3v) is 6.37. The summed E-state index contributed by atoms with van der Waals surface area (Å²) in [7, 11) is 0. The van der Waals surface area contributed by atoms with Crippen LogP contribution in [0.25, 0.3) is 0 Å². The number of nitrogens with one attached hydrogen (secondary N) is 1. The molecule has 1 heterocycles. The Hall–Kier alpha value is -1.86. The Morgan fingerprint density at radius 2 is 2.18 bits per heavy atom. The first-order valence-corrected chi connectivity index (χ1v) is 11.0. The van der Waals surface area contributed by atoms with Crippen molar-refractivity contribution in [2.24, 2.45) is 5.92 Å². The van der Waals surface area contributed by atoms with Crippen LogP contribution in [0, 0.1) is 5.92 Å². The molecule has 1 amide bonds. The fraction of sp³-hybridized carbons (Fsp3) is 0.429. The van der Waals surface area contributed by atoms with Gasteiger partial charge in [-0.25, -0.2) is 4.79 Å². The molecule has 0 spiro atoms. The van der Waals surface area contributed by atoms with Gasteiger partial charge < -0.3 is 14.8 Å². The second-order valence-electron chi connectivity index (χ2n) is 6.98. The Bertz CT molecular complexity index is 879. The summed E-state index contributed by atoms with van der Waals surface area (Å²) in [6.45, 7) is 5.98. The lowest BCUT2D eigenvalue weighted by molar-refractivity contribution is -0.122. The third kappa shape index (κ3) is 4.75. The van der Waals surface area contributed by atoms with E-state index in [0.717, 1.165) is 34.2 Å². The fourth-order valence-electron chi connectivity index (χ4n) is 3.27. The predicted molar refractivity (Wildman–Crippen MR) is 114 cm³/mol. The van der Waals surface area contributed by atoms with Crippen LogP contribution in [0.1, 0.15) is 48.0 Å². The van der Waals surface area contributed by atoms with Crippen molar-refractivity contribution in [3.63, 3.8) is 0 Å². The Labute approximate surface area is 177 Å². The third-order valence-electron chi connectivity index (χ3n) is 4.71. The molecule has 150 valence electrons. The highest BCUT2D eigenvalue weighted by Crippen LogP contribution is 2.40. The zero-order valence-electron chi connectivity index (χ0n) is 16.2. The van der Waals surface area contributed by atoms with E-state index in [2.05, 4.69) is 28.2 Å². The molecule has 0 bridgehead atoms. The molecular formula is C21H24BrNO4S. The first kappa shape index (κ1) is 20.9. The predicted octanol–water partition coefficient (Wildman–Crippen LogP) is 5.22. The molecule has 1 aliphatic rings. The quantitative estimate of drug-likeness (QED) is 0.593. The van der Waals surface area contributed by atoms with Crippen molar-refractivity contribution in [1.82, 2.24) is 0 Å². The van der Waals surface area contributed by atoms with Crippen molar-refractivity contribution in [3.05, 3.63) is 44.7 Å². The maximum Gasteiger partial charge on any atom is 0.341 e. The van der Waals surface area contributed by atoms with E-state index in [4.69, 9.17) is 9.47 Å². The van der Waals surface area contributed by atoms with Crippen molar-refractivity contribution >= 4 is 44.1 Å². The second kappa shape index (κ2) is 9.09. The summed E-state index contributed by atoms with van der Waals surface area (Å²) >= 11 is 4.87. The number of ether oxygens (including phenoxy) is 2. The van der Waals surface area contributed by atoms with E-state index < -0.39 is 6.10 Å². The number of hydrogen-bond donors (Lipinski definition) is 1. The SMILES string of the molecule is CCOC(=O)c1c(NC(=O)[C@@H](C)Oc2cccc(Br)c2)sc2c1CC[C@H](C)C2. The van der Waals surface area contributed by atoms with E-state index in [-0.39, 0.29) is 11.9 Å². The average molecular weight is 466 g/mol. The van der Waals surface area contributed by atoms with E-state index in [1.165, 1.54) is 11.3 Å². The molecule has 1 N–H and O–H groups in total. The second-order valence-corrected chi connectivity index (χ2v) is 9.00. The summed E-state index contributed by atoms with van der Waals surface area (Å²) in [5, 5.41) is 3.46. The van der Waals surface area contributed by atoms with E-state index in [1.807, 2.05) is 12.1 Å². The molecule has 1 aliphatic carbocycles. The van der Waals surface area contributed by atoms with Crippen molar-refractivity contribution in [2.75, 3.05) is 11.9 Å². The van der Waals surface area contributed by atoms with Gasteiger partial charge in [-0.1, -0.05) is 28.9 Å². The molecule has 0 saturated heterocycles. The lowest BCUT2D eigenvalue weighted by Crippen LogP contribution is -2.30. The molecule has 0 aliphatic heterocycles. The van der Waals surface area contributed by atoms with Gasteiger partial charge in [-0.2, -0.15) is 0 Å². The smallest absolute Gasteiger partial charge is 0.341 e. The first-order chi connectivity index (χ1) is 13.4. The van der Waals surface area contributed by atoms with Crippen molar-refractivity contribution < 1.29 is 19.1 Å². The van der Waals surface area contributed by atoms with Gasteiger partial charge in [0.2, 0.25) is 0 Å². The van der Waals surface area contributed by atoms with E-state index in [0.29, 0.717) is 28.8 Å². The minimum atomic E-state index is -0.706. The summed E-state index contributed by atoms with van der Waals surface area (Å²) in [4.78, 5) is 26.4. The molecule has 2 aromatic rings. The van der Waals surface area contributed by atoms with Gasteiger partial charge in [-0.3, -0.25) is 4.79 Å². The van der Waals surface area contributed by atoms with Gasteiger partial charge in [0.05, 0.1) is 12.2 Å². The van der Waals surface area contributed by atoms with Crippen molar-refractivity contribution in [3.8, 4) is 5.75 Å². The van der Waals surface area contributed by atoms with Crippen LogP contribution in [0.3, 0.4) is 0 Å². The number of carbonyl (C=O) groups is 2. The summed E-state index contributed by atoms with van der Waals surface area (Å²) in [5.74, 6) is 0.507. The number of thiophene rings is 1. The standard InChI is InChI=1S/C21H24BrNO4S/c1-4-26-21(25)18-16-9-8-12(2)10-17(16)28-20(18)23-19(24)13(3)27-15-7-5-6-14(22)11-15/h5-7,11-13H,4,8-10H2,1-3H3,(H,23,24)/t12-,13+/m0/s1. The molecule has 1 aromatic heterocycles. The molecule has 0 radical (unpaired) electrons. The molecule has 28 heavy (non-hydrogen) atoms. The Kier molecular flexibility index (Phi) is 6.78. The Morgan fingerprint density at radius 1 is 1.39 bits per heavy atom. The maximum atomic E-state index is 12.7. The van der Waals surface area contributed by atoms with E-state index >= 15 is 0 Å². The molecule has 2 atom stereocenters. The monoisotopic (exact) mass is 465 g/mol. The molecule has 7 heteroatoms. The zero-order valence-corrected chi connectivity index (χ0v) is 18.6. The molecular weight excluding hydrogens is 442 g/mol. The molecule has 3 rings (SSSR count). The minimum absolute atomic E-state index is 0.294. The lowest BCUT2D eigenvalue weighted by Gasteiger charge is -2.18. The molecule has 5 nitrogen and oxygen atoms in total. The van der Waals surface area contributed by atoms with Gasteiger partial charge in [-0.15, -0.1) is 11.3 Å². The van der Waals surface area contributed by atoms with E-state index in [1.54, 1.807) is 26.0 Å². The zero-order chi connectivity index (χ0) is 20.3. The van der Waals surface area contributed by atoms with Gasteiger partial charge in [0, 0.05) is 9.35 Å². The maximum absolute atomic E-state index is 12.7. The number of hydrogen-bond acceptors (Lipinski definition) is 5. The van der Waals surface area contributed by atoms with Crippen LogP contribution in [0.5, 0.6) is 5.75 Å². The van der Waals surface area contributed by atoms with E-state index in [9.17, 15) is 9.59 Å². The lowest BCUT2D eigenvalue weighted by atomic mass is 9.88. The van der Waals surface area contributed by atoms with Crippen LogP contribution >= 0.6 is 27.3 Å². The average Bonchev–Trinajstić information content (AvgIpc) is 2.98. The fourth-order valence-corrected chi connectivity index (χ4v) is 5.05. The number of benzene rings is 1. The molecule has 0 fully saturated rings. The molecule has 0 saturated carbocycles. The van der Waals surface area contributed by atoms with Gasteiger partial charge in [0.1, 0.15) is 10.8 Å². The number of rotatable bonds is 6. The van der Waals surface area contributed by atoms with Gasteiger partial charge in [0.25, 0.3) is 5.91 Å². The Balaban J connectivity index is 1.80. The minimum Gasteiger partial charge on any atom is -0.481 e. The number of esters is 1. The van der Waals surface area contributed by atoms with Crippen LogP contribution in [-0.4, -0.2) is 24.6 Å². The van der Waals surface area contributed by atoms with Crippen molar-refractivity contribution in [2.45, 2.75) is 46.1 Å². The highest BCUT2D eigenvalue weighted by atomic mass is 79.9. The highest BCUT2D eigenvalue weighted by molar-refractivity contribution is 9.10. The number of amides is 1. The van der Waals surface area contributed by atoms with Crippen LogP contribution in [0.15, 0.2) is 28.7 Å². The van der Waals surface area contributed by atoms with Crippen LogP contribution in [0.4, 0.5) is 5.00 Å². The molecule has 1 aromatic carbocycles. The van der Waals surface area contributed by atoms with Crippen LogP contribution in [0.2, 0.25) is 0 Å². The largest absolute Gasteiger partial charge is 0.481 e. The van der Waals surface area contributed by atoms with Gasteiger partial charge in [0.15, 0.2) is 6.10 Å². The van der Waals surface area contributed by atoms with Crippen LogP contribution < -0.4 is 10.1 Å². The first-order valence-electron chi connectivity index (χ1n) is 9.43. The summed E-state index contributed by atoms with van der Waals surface area (Å²) in [6, 6.07) is 7.33. The van der Waals surface area contributed by atoms with Gasteiger partial charge in [-0.05, 0) is 62.8 Å². The summed E-state index contributed by atoms with van der Waals surface area (Å²) < 4.78 is 11.9. The highest BCUT2D eigenvalue weighted by Gasteiger charge is 2.30. The number of carbonyl (C=O) groups excluding carboxylic acids is 2. The van der Waals surface area contributed by atoms with Crippen LogP contribution in [-0.2, 0) is 22.4 Å². The Morgan fingerprint density at radius 3 is 2.89 bits per heavy atom. The van der Waals surface area contributed by atoms with Crippen molar-refractivity contribution in [1.29, 1.82) is 0 Å². The number of fused-ring (bicyclic) bond motifs is 1. The number of anilines is 1. The van der Waals surface area contributed by atoms with Gasteiger partial charge >= 0.3 is 5.97 Å². The number of halogens is 1. The summed E-state index contributed by atoms with van der Waals surface area (Å²) in [6.07, 6.45) is 2.08.